The van der Waals surface area contributed by atoms with Crippen LogP contribution in [0.2, 0.25) is 0 Å². The van der Waals surface area contributed by atoms with Gasteiger partial charge in [0.25, 0.3) is 5.91 Å². The minimum absolute atomic E-state index is 0.01000. The first kappa shape index (κ1) is 23.0. The van der Waals surface area contributed by atoms with E-state index in [9.17, 15) is 14.4 Å². The number of rotatable bonds is 10. The van der Waals surface area contributed by atoms with E-state index < -0.39 is 12.1 Å². The molecule has 1 heterocycles. The van der Waals surface area contributed by atoms with Crippen LogP contribution in [-0.2, 0) is 14.3 Å². The smallest absolute Gasteiger partial charge is 0.251 e. The summed E-state index contributed by atoms with van der Waals surface area (Å²) in [5.74, 6) is -0.372. The number of hydrogen-bond donors (Lipinski definition) is 2. The van der Waals surface area contributed by atoms with E-state index in [-0.39, 0.29) is 30.3 Å². The van der Waals surface area contributed by atoms with Gasteiger partial charge >= 0.3 is 0 Å². The number of benzene rings is 1. The van der Waals surface area contributed by atoms with Gasteiger partial charge < -0.3 is 20.3 Å². The van der Waals surface area contributed by atoms with Crippen molar-refractivity contribution in [3.05, 3.63) is 35.9 Å². The van der Waals surface area contributed by atoms with Gasteiger partial charge in [-0.25, -0.2) is 0 Å². The topological polar surface area (TPSA) is 87.7 Å². The Labute approximate surface area is 173 Å². The van der Waals surface area contributed by atoms with Gasteiger partial charge in [-0.15, -0.1) is 0 Å². The molecule has 29 heavy (non-hydrogen) atoms. The maximum absolute atomic E-state index is 13.0. The molecular weight excluding hydrogens is 370 g/mol. The van der Waals surface area contributed by atoms with Gasteiger partial charge in [0.15, 0.2) is 5.78 Å². The molecule has 1 aliphatic heterocycles. The Bertz CT molecular complexity index is 691. The van der Waals surface area contributed by atoms with Crippen molar-refractivity contribution >= 4 is 17.6 Å². The van der Waals surface area contributed by atoms with E-state index in [4.69, 9.17) is 4.74 Å². The minimum atomic E-state index is -0.701. The summed E-state index contributed by atoms with van der Waals surface area (Å²) in [7, 11) is 3.90. The highest BCUT2D eigenvalue weighted by molar-refractivity contribution is 5.98. The average Bonchev–Trinajstić information content (AvgIpc) is 3.03. The standard InChI is InChI=1S/C22H33N3O4/c1-15(2)10-11-17(23-21(27)16-8-6-5-7-9-16)22(28)24-20-18(26)14-29-19(20)12-13-25(3)4/h5-9,15,17,19-20H,10-14H2,1-4H3,(H,23,27)(H,24,28)/t17-,19?,20?/m0/s1. The quantitative estimate of drug-likeness (QED) is 0.620. The Kier molecular flexibility index (Phi) is 8.79. The maximum Gasteiger partial charge on any atom is 0.251 e. The average molecular weight is 404 g/mol. The highest BCUT2D eigenvalue weighted by atomic mass is 16.5. The van der Waals surface area contributed by atoms with Gasteiger partial charge in [-0.05, 0) is 51.4 Å². The molecule has 1 aromatic rings. The largest absolute Gasteiger partial charge is 0.368 e. The Hall–Kier alpha value is -2.25. The molecule has 1 fully saturated rings. The van der Waals surface area contributed by atoms with Gasteiger partial charge in [-0.1, -0.05) is 32.0 Å². The van der Waals surface area contributed by atoms with E-state index in [1.54, 1.807) is 24.3 Å². The van der Waals surface area contributed by atoms with Crippen LogP contribution in [0.15, 0.2) is 30.3 Å². The number of nitrogens with zero attached hydrogens (tertiary/aromatic N) is 1. The number of Topliss-reactive ketones (excluding diaryl/α,β-unsaturated/α-hetero) is 1. The molecule has 2 rings (SSSR count). The molecule has 160 valence electrons. The Morgan fingerprint density at radius 2 is 1.86 bits per heavy atom. The zero-order chi connectivity index (χ0) is 21.4. The summed E-state index contributed by atoms with van der Waals surface area (Å²) in [6, 6.07) is 7.44. The lowest BCUT2D eigenvalue weighted by Gasteiger charge is -2.24. The summed E-state index contributed by atoms with van der Waals surface area (Å²) in [5, 5.41) is 5.67. The lowest BCUT2D eigenvalue weighted by molar-refractivity contribution is -0.127. The Balaban J connectivity index is 2.05. The van der Waals surface area contributed by atoms with Crippen molar-refractivity contribution in [1.82, 2.24) is 15.5 Å². The molecule has 1 aromatic carbocycles. The van der Waals surface area contributed by atoms with Gasteiger partial charge in [0.05, 0.1) is 6.10 Å². The fraction of sp³-hybridized carbons (Fsp3) is 0.591. The van der Waals surface area contributed by atoms with Gasteiger partial charge in [-0.3, -0.25) is 14.4 Å². The van der Waals surface area contributed by atoms with Gasteiger partial charge in [-0.2, -0.15) is 0 Å². The molecule has 7 nitrogen and oxygen atoms in total. The number of carbonyl (C=O) groups excluding carboxylic acids is 3. The number of ketones is 1. The van der Waals surface area contributed by atoms with Crippen LogP contribution >= 0.6 is 0 Å². The molecule has 1 aliphatic rings. The van der Waals surface area contributed by atoms with Crippen LogP contribution in [0.4, 0.5) is 0 Å². The maximum atomic E-state index is 13.0. The van der Waals surface area contributed by atoms with Crippen molar-refractivity contribution in [2.45, 2.75) is 51.3 Å². The normalized spacial score (nSPS) is 20.1. The Morgan fingerprint density at radius 3 is 2.48 bits per heavy atom. The van der Waals surface area contributed by atoms with E-state index >= 15 is 0 Å². The number of amides is 2. The van der Waals surface area contributed by atoms with Crippen LogP contribution in [0, 0.1) is 5.92 Å². The summed E-state index contributed by atoms with van der Waals surface area (Å²) in [6.07, 6.45) is 1.60. The highest BCUT2D eigenvalue weighted by Gasteiger charge is 2.38. The third-order valence-corrected chi connectivity index (χ3v) is 5.01. The SMILES string of the molecule is CC(C)CC[C@H](NC(=O)c1ccccc1)C(=O)NC1C(=O)COC1CCN(C)C. The van der Waals surface area contributed by atoms with E-state index in [0.717, 1.165) is 13.0 Å². The predicted octanol–water partition coefficient (Wildman–Crippen LogP) is 1.63. The lowest BCUT2D eigenvalue weighted by Crippen LogP contribution is -2.53. The highest BCUT2D eigenvalue weighted by Crippen LogP contribution is 2.16. The molecule has 0 bridgehead atoms. The van der Waals surface area contributed by atoms with E-state index in [2.05, 4.69) is 24.5 Å². The van der Waals surface area contributed by atoms with Gasteiger partial charge in [0, 0.05) is 12.1 Å². The zero-order valence-electron chi connectivity index (χ0n) is 17.8. The van der Waals surface area contributed by atoms with Crippen LogP contribution in [0.3, 0.4) is 0 Å². The summed E-state index contributed by atoms with van der Waals surface area (Å²) in [6.45, 7) is 4.90. The van der Waals surface area contributed by atoms with Crippen LogP contribution in [0.1, 0.15) is 43.5 Å². The number of carbonyl (C=O) groups is 3. The van der Waals surface area contributed by atoms with Gasteiger partial charge in [0.2, 0.25) is 5.91 Å². The first-order chi connectivity index (χ1) is 13.8. The van der Waals surface area contributed by atoms with E-state index in [1.165, 1.54) is 0 Å². The molecule has 0 radical (unpaired) electrons. The third kappa shape index (κ3) is 7.25. The van der Waals surface area contributed by atoms with Crippen molar-refractivity contribution < 1.29 is 19.1 Å². The zero-order valence-corrected chi connectivity index (χ0v) is 17.8. The monoisotopic (exact) mass is 403 g/mol. The molecule has 2 amide bonds. The van der Waals surface area contributed by atoms with Crippen molar-refractivity contribution in [2.75, 3.05) is 27.2 Å². The summed E-state index contributed by atoms with van der Waals surface area (Å²) in [5.41, 5.74) is 0.499. The fourth-order valence-corrected chi connectivity index (χ4v) is 3.25. The fourth-order valence-electron chi connectivity index (χ4n) is 3.25. The first-order valence-corrected chi connectivity index (χ1v) is 10.2. The van der Waals surface area contributed by atoms with Crippen molar-refractivity contribution in [1.29, 1.82) is 0 Å². The molecule has 2 unspecified atom stereocenters. The molecular formula is C22H33N3O4. The number of ether oxygens (including phenoxy) is 1. The second kappa shape index (κ2) is 11.1. The molecule has 3 atom stereocenters. The number of nitrogens with one attached hydrogen (secondary N) is 2. The predicted molar refractivity (Wildman–Crippen MR) is 112 cm³/mol. The summed E-state index contributed by atoms with van der Waals surface area (Å²) in [4.78, 5) is 39.8. The molecule has 7 heteroatoms. The van der Waals surface area contributed by atoms with E-state index in [0.29, 0.717) is 24.3 Å². The molecule has 0 aliphatic carbocycles. The Morgan fingerprint density at radius 1 is 1.17 bits per heavy atom. The van der Waals surface area contributed by atoms with Crippen molar-refractivity contribution in [2.24, 2.45) is 5.92 Å². The minimum Gasteiger partial charge on any atom is -0.368 e. The molecule has 0 aromatic heterocycles. The van der Waals surface area contributed by atoms with Crippen LogP contribution < -0.4 is 10.6 Å². The van der Waals surface area contributed by atoms with E-state index in [1.807, 2.05) is 25.1 Å². The molecule has 2 N–H and O–H groups in total. The second-order valence-electron chi connectivity index (χ2n) is 8.26. The van der Waals surface area contributed by atoms with Crippen molar-refractivity contribution in [3.8, 4) is 0 Å². The number of hydrogen-bond acceptors (Lipinski definition) is 5. The third-order valence-electron chi connectivity index (χ3n) is 5.01. The lowest BCUT2D eigenvalue weighted by atomic mass is 10.0. The first-order valence-electron chi connectivity index (χ1n) is 10.2. The van der Waals surface area contributed by atoms with Crippen molar-refractivity contribution in [3.63, 3.8) is 0 Å². The summed E-state index contributed by atoms with van der Waals surface area (Å²) < 4.78 is 5.58. The molecule has 0 spiro atoms. The van der Waals surface area contributed by atoms with Crippen LogP contribution in [0.25, 0.3) is 0 Å². The summed E-state index contributed by atoms with van der Waals surface area (Å²) >= 11 is 0. The van der Waals surface area contributed by atoms with Crippen LogP contribution in [-0.4, -0.2) is 67.9 Å². The van der Waals surface area contributed by atoms with Gasteiger partial charge in [0.1, 0.15) is 18.7 Å². The van der Waals surface area contributed by atoms with Crippen LogP contribution in [0.5, 0.6) is 0 Å². The molecule has 0 saturated carbocycles. The molecule has 1 saturated heterocycles. The second-order valence-corrected chi connectivity index (χ2v) is 8.26.